The number of thiazole rings is 1. The Bertz CT molecular complexity index is 1040. The number of imidazole rings is 1. The van der Waals surface area contributed by atoms with Crippen LogP contribution in [0.15, 0.2) is 53.9 Å². The third-order valence-corrected chi connectivity index (χ3v) is 5.75. The highest BCUT2D eigenvalue weighted by Crippen LogP contribution is 2.26. The number of nitrogens with one attached hydrogen (secondary N) is 2. The molecule has 2 N–H and O–H groups in total. The standard InChI is InChI=1S/C19H15ClN4OS2/c20-13-7-5-12(6-8-13)16-9-27-19(23-16)24-18(25)11-26-10-17-21-14-3-1-2-4-15(14)22-17/h1-9H,10-11H2,(H,21,22)(H,23,24,25). The molecule has 1 amide bonds. The number of amides is 1. The van der Waals surface area contributed by atoms with E-state index in [1.807, 2.05) is 53.9 Å². The maximum atomic E-state index is 12.2. The first kappa shape index (κ1) is 18.0. The van der Waals surface area contributed by atoms with Gasteiger partial charge in [-0.2, -0.15) is 0 Å². The maximum Gasteiger partial charge on any atom is 0.236 e. The molecule has 0 radical (unpaired) electrons. The van der Waals surface area contributed by atoms with E-state index < -0.39 is 0 Å². The van der Waals surface area contributed by atoms with Gasteiger partial charge in [-0.15, -0.1) is 23.1 Å². The Labute approximate surface area is 169 Å². The van der Waals surface area contributed by atoms with Crippen molar-refractivity contribution in [3.63, 3.8) is 0 Å². The zero-order valence-corrected chi connectivity index (χ0v) is 16.5. The van der Waals surface area contributed by atoms with E-state index in [9.17, 15) is 4.79 Å². The van der Waals surface area contributed by atoms with Crippen molar-refractivity contribution >= 4 is 56.8 Å². The Kier molecular flexibility index (Phi) is 5.42. The van der Waals surface area contributed by atoms with Crippen LogP contribution in [0, 0.1) is 0 Å². The van der Waals surface area contributed by atoms with Crippen molar-refractivity contribution in [2.45, 2.75) is 5.75 Å². The van der Waals surface area contributed by atoms with Crippen LogP contribution in [0.5, 0.6) is 0 Å². The van der Waals surface area contributed by atoms with E-state index in [4.69, 9.17) is 11.6 Å². The molecule has 2 heterocycles. The van der Waals surface area contributed by atoms with Crippen LogP contribution in [0.1, 0.15) is 5.82 Å². The average molecular weight is 415 g/mol. The van der Waals surface area contributed by atoms with Crippen molar-refractivity contribution < 1.29 is 4.79 Å². The lowest BCUT2D eigenvalue weighted by molar-refractivity contribution is -0.113. The minimum atomic E-state index is -0.0758. The molecule has 136 valence electrons. The first-order valence-corrected chi connectivity index (χ1v) is 10.6. The molecular weight excluding hydrogens is 400 g/mol. The van der Waals surface area contributed by atoms with E-state index in [1.165, 1.54) is 23.1 Å². The van der Waals surface area contributed by atoms with Gasteiger partial charge in [-0.1, -0.05) is 35.9 Å². The molecule has 0 spiro atoms. The minimum absolute atomic E-state index is 0.0758. The number of H-pyrrole nitrogens is 1. The van der Waals surface area contributed by atoms with Crippen molar-refractivity contribution in [1.29, 1.82) is 0 Å². The number of hydrogen-bond acceptors (Lipinski definition) is 5. The summed E-state index contributed by atoms with van der Waals surface area (Å²) >= 11 is 8.82. The monoisotopic (exact) mass is 414 g/mol. The number of hydrogen-bond donors (Lipinski definition) is 2. The summed E-state index contributed by atoms with van der Waals surface area (Å²) < 4.78 is 0. The van der Waals surface area contributed by atoms with Crippen molar-refractivity contribution in [3.05, 3.63) is 64.8 Å². The lowest BCUT2D eigenvalue weighted by Crippen LogP contribution is -2.14. The Balaban J connectivity index is 1.30. The first-order valence-electron chi connectivity index (χ1n) is 8.20. The number of carbonyl (C=O) groups is 1. The number of fused-ring (bicyclic) bond motifs is 1. The summed E-state index contributed by atoms with van der Waals surface area (Å²) in [7, 11) is 0. The third kappa shape index (κ3) is 4.50. The van der Waals surface area contributed by atoms with Gasteiger partial charge in [0, 0.05) is 16.0 Å². The van der Waals surface area contributed by atoms with E-state index >= 15 is 0 Å². The van der Waals surface area contributed by atoms with Crippen molar-refractivity contribution in [1.82, 2.24) is 15.0 Å². The molecule has 4 aromatic rings. The van der Waals surface area contributed by atoms with Crippen molar-refractivity contribution in [3.8, 4) is 11.3 Å². The smallest absolute Gasteiger partial charge is 0.236 e. The molecule has 0 aliphatic carbocycles. The number of halogens is 1. The van der Waals surface area contributed by atoms with Crippen LogP contribution in [0.2, 0.25) is 5.02 Å². The van der Waals surface area contributed by atoms with Gasteiger partial charge in [-0.3, -0.25) is 4.79 Å². The molecule has 0 saturated carbocycles. The van der Waals surface area contributed by atoms with Gasteiger partial charge in [0.2, 0.25) is 5.91 Å². The van der Waals surface area contributed by atoms with Crippen molar-refractivity contribution in [2.75, 3.05) is 11.1 Å². The van der Waals surface area contributed by atoms with Crippen LogP contribution < -0.4 is 5.32 Å². The normalized spacial score (nSPS) is 11.0. The number of nitrogens with zero attached hydrogens (tertiary/aromatic N) is 2. The van der Waals surface area contributed by atoms with Crippen LogP contribution in [-0.2, 0) is 10.5 Å². The highest BCUT2D eigenvalue weighted by molar-refractivity contribution is 7.99. The molecule has 2 aromatic heterocycles. The maximum absolute atomic E-state index is 12.2. The van der Waals surface area contributed by atoms with Crippen LogP contribution >= 0.6 is 34.7 Å². The molecular formula is C19H15ClN4OS2. The average Bonchev–Trinajstić information content (AvgIpc) is 3.29. The Morgan fingerprint density at radius 1 is 1.15 bits per heavy atom. The predicted molar refractivity (Wildman–Crippen MR) is 113 cm³/mol. The molecule has 0 fully saturated rings. The van der Waals surface area contributed by atoms with Crippen LogP contribution in [-0.4, -0.2) is 26.6 Å². The van der Waals surface area contributed by atoms with Gasteiger partial charge in [0.25, 0.3) is 0 Å². The molecule has 27 heavy (non-hydrogen) atoms. The topological polar surface area (TPSA) is 70.7 Å². The molecule has 2 aromatic carbocycles. The van der Waals surface area contributed by atoms with E-state index in [0.717, 1.165) is 28.1 Å². The molecule has 0 bridgehead atoms. The quantitative estimate of drug-likeness (QED) is 0.454. The SMILES string of the molecule is O=C(CSCc1nc2ccccc2[nH]1)Nc1nc(-c2ccc(Cl)cc2)cs1. The predicted octanol–water partition coefficient (Wildman–Crippen LogP) is 5.21. The van der Waals surface area contributed by atoms with Crippen LogP contribution in [0.25, 0.3) is 22.3 Å². The number of anilines is 1. The molecule has 0 saturated heterocycles. The zero-order valence-electron chi connectivity index (χ0n) is 14.1. The van der Waals surface area contributed by atoms with Crippen LogP contribution in [0.4, 0.5) is 5.13 Å². The molecule has 0 atom stereocenters. The van der Waals surface area contributed by atoms with Gasteiger partial charge in [-0.05, 0) is 24.3 Å². The first-order chi connectivity index (χ1) is 13.2. The summed E-state index contributed by atoms with van der Waals surface area (Å²) in [6, 6.07) is 15.3. The van der Waals surface area contributed by atoms with E-state index in [-0.39, 0.29) is 5.91 Å². The van der Waals surface area contributed by atoms with Gasteiger partial charge in [-0.25, -0.2) is 9.97 Å². The molecule has 0 unspecified atom stereocenters. The Hall–Kier alpha value is -2.35. The molecule has 4 rings (SSSR count). The molecule has 8 heteroatoms. The Morgan fingerprint density at radius 3 is 2.78 bits per heavy atom. The summed E-state index contributed by atoms with van der Waals surface area (Å²) in [6.07, 6.45) is 0. The highest BCUT2D eigenvalue weighted by Gasteiger charge is 2.09. The fourth-order valence-electron chi connectivity index (χ4n) is 2.55. The van der Waals surface area contributed by atoms with E-state index in [1.54, 1.807) is 0 Å². The number of aromatic amines is 1. The largest absolute Gasteiger partial charge is 0.341 e. The molecule has 0 aliphatic heterocycles. The van der Waals surface area contributed by atoms with Crippen molar-refractivity contribution in [2.24, 2.45) is 0 Å². The lowest BCUT2D eigenvalue weighted by Gasteiger charge is -2.01. The summed E-state index contributed by atoms with van der Waals surface area (Å²) in [5.74, 6) is 1.78. The highest BCUT2D eigenvalue weighted by atomic mass is 35.5. The summed E-state index contributed by atoms with van der Waals surface area (Å²) in [4.78, 5) is 24.4. The number of benzene rings is 2. The van der Waals surface area contributed by atoms with Crippen LogP contribution in [0.3, 0.4) is 0 Å². The second kappa shape index (κ2) is 8.12. The Morgan fingerprint density at radius 2 is 1.96 bits per heavy atom. The number of carbonyl (C=O) groups excluding carboxylic acids is 1. The fourth-order valence-corrected chi connectivity index (χ4v) is 4.11. The minimum Gasteiger partial charge on any atom is -0.341 e. The van der Waals surface area contributed by atoms with Gasteiger partial charge in [0.15, 0.2) is 5.13 Å². The lowest BCUT2D eigenvalue weighted by atomic mass is 10.2. The van der Waals surface area contributed by atoms with E-state index in [0.29, 0.717) is 21.7 Å². The summed E-state index contributed by atoms with van der Waals surface area (Å²) in [5, 5.41) is 6.04. The zero-order chi connectivity index (χ0) is 18.6. The van der Waals surface area contributed by atoms with Gasteiger partial charge in [0.1, 0.15) is 5.82 Å². The summed E-state index contributed by atoms with van der Waals surface area (Å²) in [5.41, 5.74) is 3.74. The number of aromatic nitrogens is 3. The number of rotatable bonds is 6. The van der Waals surface area contributed by atoms with E-state index in [2.05, 4.69) is 20.3 Å². The molecule has 5 nitrogen and oxygen atoms in total. The second-order valence-electron chi connectivity index (χ2n) is 5.79. The number of para-hydroxylation sites is 2. The van der Waals surface area contributed by atoms with Gasteiger partial charge >= 0.3 is 0 Å². The third-order valence-electron chi connectivity index (χ3n) is 3.80. The van der Waals surface area contributed by atoms with Gasteiger partial charge < -0.3 is 10.3 Å². The summed E-state index contributed by atoms with van der Waals surface area (Å²) in [6.45, 7) is 0. The van der Waals surface area contributed by atoms with Gasteiger partial charge in [0.05, 0.1) is 28.2 Å². The number of thioether (sulfide) groups is 1. The molecule has 0 aliphatic rings. The fraction of sp³-hybridized carbons (Fsp3) is 0.105. The second-order valence-corrected chi connectivity index (χ2v) is 8.07.